The summed E-state index contributed by atoms with van der Waals surface area (Å²) in [7, 11) is 0. The first-order valence-corrected chi connectivity index (χ1v) is 3.84. The lowest BCUT2D eigenvalue weighted by Crippen LogP contribution is -2.28. The van der Waals surface area contributed by atoms with E-state index in [1.54, 1.807) is 0 Å². The Bertz CT molecular complexity index is 229. The van der Waals surface area contributed by atoms with Crippen molar-refractivity contribution < 1.29 is 14.7 Å². The molecule has 0 amide bonds. The number of ketones is 1. The number of nitrogens with one attached hydrogen (secondary N) is 1. The maximum Gasteiger partial charge on any atom is 0.333 e. The molecule has 0 saturated heterocycles. The molecule has 4 heteroatoms. The number of carbonyl (C=O) groups is 2. The van der Waals surface area contributed by atoms with Crippen LogP contribution < -0.4 is 5.32 Å². The predicted molar refractivity (Wildman–Crippen MR) is 42.6 cm³/mol. The number of aliphatic carboxylic acids is 1. The first kappa shape index (κ1) is 8.77. The molecular formula is C8H11NO3. The Morgan fingerprint density at radius 1 is 1.50 bits per heavy atom. The topological polar surface area (TPSA) is 66.4 Å². The third-order valence-corrected chi connectivity index (χ3v) is 1.82. The number of carbonyl (C=O) groups excluding carboxylic acids is 1. The second-order valence-corrected chi connectivity index (χ2v) is 2.75. The van der Waals surface area contributed by atoms with Crippen molar-refractivity contribution >= 4 is 11.8 Å². The zero-order valence-corrected chi connectivity index (χ0v) is 6.89. The molecule has 0 bridgehead atoms. The van der Waals surface area contributed by atoms with E-state index in [4.69, 9.17) is 5.11 Å². The van der Waals surface area contributed by atoms with Gasteiger partial charge in [-0.05, 0) is 12.8 Å². The van der Waals surface area contributed by atoms with Crippen molar-refractivity contribution in [3.05, 3.63) is 11.3 Å². The smallest absolute Gasteiger partial charge is 0.333 e. The monoisotopic (exact) mass is 169 g/mol. The minimum Gasteiger partial charge on any atom is -0.478 e. The number of hydrogen-bond donors (Lipinski definition) is 2. The fourth-order valence-corrected chi connectivity index (χ4v) is 1.26. The molecule has 0 aromatic heterocycles. The normalized spacial score (nSPS) is 17.1. The van der Waals surface area contributed by atoms with Gasteiger partial charge in [-0.2, -0.15) is 0 Å². The van der Waals surface area contributed by atoms with Gasteiger partial charge in [0.25, 0.3) is 0 Å². The van der Waals surface area contributed by atoms with Crippen molar-refractivity contribution in [3.8, 4) is 0 Å². The van der Waals surface area contributed by atoms with Gasteiger partial charge < -0.3 is 10.4 Å². The lowest BCUT2D eigenvalue weighted by molar-refractivity contribution is -0.133. The number of hydrogen-bond acceptors (Lipinski definition) is 3. The van der Waals surface area contributed by atoms with Crippen molar-refractivity contribution in [3.63, 3.8) is 0 Å². The van der Waals surface area contributed by atoms with Crippen molar-refractivity contribution in [2.75, 3.05) is 6.54 Å². The molecule has 0 aromatic carbocycles. The second kappa shape index (κ2) is 3.38. The van der Waals surface area contributed by atoms with Crippen LogP contribution in [0, 0.1) is 0 Å². The molecular weight excluding hydrogens is 158 g/mol. The Hall–Kier alpha value is -1.32. The van der Waals surface area contributed by atoms with E-state index >= 15 is 0 Å². The zero-order chi connectivity index (χ0) is 9.14. The molecule has 0 atom stereocenters. The molecule has 0 unspecified atom stereocenters. The summed E-state index contributed by atoms with van der Waals surface area (Å²) in [6, 6.07) is 0. The van der Waals surface area contributed by atoms with Gasteiger partial charge >= 0.3 is 5.97 Å². The van der Waals surface area contributed by atoms with E-state index in [0.717, 1.165) is 6.42 Å². The van der Waals surface area contributed by atoms with Crippen LogP contribution in [0.4, 0.5) is 0 Å². The van der Waals surface area contributed by atoms with Gasteiger partial charge in [-0.15, -0.1) is 0 Å². The predicted octanol–water partition coefficient (Wildman–Crippen LogP) is 0.297. The molecule has 1 rings (SSSR count). The summed E-state index contributed by atoms with van der Waals surface area (Å²) >= 11 is 0. The minimum absolute atomic E-state index is 0.202. The molecule has 0 spiro atoms. The Morgan fingerprint density at radius 2 is 2.17 bits per heavy atom. The molecule has 1 aliphatic rings. The van der Waals surface area contributed by atoms with Crippen LogP contribution >= 0.6 is 0 Å². The van der Waals surface area contributed by atoms with Crippen LogP contribution in [0.5, 0.6) is 0 Å². The molecule has 2 N–H and O–H groups in total. The summed E-state index contributed by atoms with van der Waals surface area (Å²) < 4.78 is 0. The van der Waals surface area contributed by atoms with E-state index in [9.17, 15) is 9.59 Å². The Balaban J connectivity index is 2.99. The average molecular weight is 169 g/mol. The molecule has 0 saturated carbocycles. The highest BCUT2D eigenvalue weighted by molar-refractivity contribution is 6.01. The van der Waals surface area contributed by atoms with Crippen LogP contribution in [0.3, 0.4) is 0 Å². The van der Waals surface area contributed by atoms with Crippen molar-refractivity contribution in [1.29, 1.82) is 0 Å². The summed E-state index contributed by atoms with van der Waals surface area (Å²) in [5, 5.41) is 11.5. The van der Waals surface area contributed by atoms with Gasteiger partial charge in [-0.25, -0.2) is 4.79 Å². The molecule has 1 aliphatic heterocycles. The Labute approximate surface area is 70.3 Å². The summed E-state index contributed by atoms with van der Waals surface area (Å²) in [5.41, 5.74) is 0.488. The van der Waals surface area contributed by atoms with Crippen LogP contribution in [0.1, 0.15) is 19.8 Å². The molecule has 0 fully saturated rings. The van der Waals surface area contributed by atoms with Crippen LogP contribution in [0.15, 0.2) is 11.3 Å². The minimum atomic E-state index is -0.993. The van der Waals surface area contributed by atoms with E-state index in [1.807, 2.05) is 0 Å². The lowest BCUT2D eigenvalue weighted by Gasteiger charge is -2.17. The largest absolute Gasteiger partial charge is 0.478 e. The van der Waals surface area contributed by atoms with Crippen molar-refractivity contribution in [2.45, 2.75) is 19.8 Å². The quantitative estimate of drug-likeness (QED) is 0.623. The second-order valence-electron chi connectivity index (χ2n) is 2.75. The summed E-state index contributed by atoms with van der Waals surface area (Å²) in [6.45, 7) is 2.06. The van der Waals surface area contributed by atoms with Gasteiger partial charge in [0.1, 0.15) is 0 Å². The number of allylic oxidation sites excluding steroid dienone is 1. The highest BCUT2D eigenvalue weighted by Crippen LogP contribution is 2.14. The number of Topliss-reactive ketones (excluding diaryl/α,β-unsaturated/α-hetero) is 1. The van der Waals surface area contributed by atoms with Gasteiger partial charge in [0.2, 0.25) is 0 Å². The van der Waals surface area contributed by atoms with E-state index < -0.39 is 5.97 Å². The maximum atomic E-state index is 10.9. The Kier molecular flexibility index (Phi) is 2.47. The molecule has 66 valence electrons. The zero-order valence-electron chi connectivity index (χ0n) is 6.89. The van der Waals surface area contributed by atoms with Crippen LogP contribution in [0.25, 0.3) is 0 Å². The molecule has 12 heavy (non-hydrogen) atoms. The van der Waals surface area contributed by atoms with E-state index in [2.05, 4.69) is 5.32 Å². The number of carboxylic acid groups (broad SMARTS) is 1. The average Bonchev–Trinajstić information content (AvgIpc) is 2.04. The SMILES string of the molecule is CC(=O)C1=C(C(=O)O)CCCN1. The van der Waals surface area contributed by atoms with Gasteiger partial charge in [0.05, 0.1) is 11.3 Å². The third-order valence-electron chi connectivity index (χ3n) is 1.82. The summed E-state index contributed by atoms with van der Waals surface area (Å²) in [6.07, 6.45) is 1.26. The summed E-state index contributed by atoms with van der Waals surface area (Å²) in [4.78, 5) is 21.5. The highest BCUT2D eigenvalue weighted by atomic mass is 16.4. The van der Waals surface area contributed by atoms with E-state index in [0.29, 0.717) is 13.0 Å². The first-order chi connectivity index (χ1) is 5.63. The molecule has 1 heterocycles. The Morgan fingerprint density at radius 3 is 2.58 bits per heavy atom. The van der Waals surface area contributed by atoms with Gasteiger partial charge in [0.15, 0.2) is 5.78 Å². The van der Waals surface area contributed by atoms with E-state index in [1.165, 1.54) is 6.92 Å². The number of carboxylic acids is 1. The summed E-state index contributed by atoms with van der Waals surface area (Å²) in [5.74, 6) is -1.19. The van der Waals surface area contributed by atoms with Crippen LogP contribution in [-0.2, 0) is 9.59 Å². The van der Waals surface area contributed by atoms with Crippen LogP contribution in [-0.4, -0.2) is 23.4 Å². The standard InChI is InChI=1S/C8H11NO3/c1-5(10)7-6(8(11)12)3-2-4-9-7/h9H,2-4H2,1H3,(H,11,12). The fourth-order valence-electron chi connectivity index (χ4n) is 1.26. The van der Waals surface area contributed by atoms with E-state index in [-0.39, 0.29) is 17.1 Å². The van der Waals surface area contributed by atoms with Crippen LogP contribution in [0.2, 0.25) is 0 Å². The van der Waals surface area contributed by atoms with Crippen molar-refractivity contribution in [1.82, 2.24) is 5.32 Å². The maximum absolute atomic E-state index is 10.9. The highest BCUT2D eigenvalue weighted by Gasteiger charge is 2.20. The fraction of sp³-hybridized carbons (Fsp3) is 0.500. The number of rotatable bonds is 2. The van der Waals surface area contributed by atoms with Gasteiger partial charge in [-0.1, -0.05) is 0 Å². The molecule has 0 radical (unpaired) electrons. The van der Waals surface area contributed by atoms with Crippen molar-refractivity contribution in [2.24, 2.45) is 0 Å². The molecule has 0 aromatic rings. The third kappa shape index (κ3) is 1.64. The first-order valence-electron chi connectivity index (χ1n) is 3.84. The molecule has 0 aliphatic carbocycles. The lowest BCUT2D eigenvalue weighted by atomic mass is 10.0. The van der Waals surface area contributed by atoms with Gasteiger partial charge in [-0.3, -0.25) is 4.79 Å². The van der Waals surface area contributed by atoms with Gasteiger partial charge in [0, 0.05) is 13.5 Å². The molecule has 4 nitrogen and oxygen atoms in total.